The second-order valence-corrected chi connectivity index (χ2v) is 8.01. The van der Waals surface area contributed by atoms with Gasteiger partial charge in [0.2, 0.25) is 0 Å². The number of imidazole rings is 1. The number of benzene rings is 2. The molecule has 2 aromatic carbocycles. The lowest BCUT2D eigenvalue weighted by Crippen LogP contribution is -2.27. The number of allylic oxidation sites excluding steroid dienone is 2. The summed E-state index contributed by atoms with van der Waals surface area (Å²) in [6.45, 7) is 5.85. The number of rotatable bonds is 6. The smallest absolute Gasteiger partial charge is 0.257 e. The van der Waals surface area contributed by atoms with E-state index in [1.165, 1.54) is 6.20 Å². The van der Waals surface area contributed by atoms with E-state index in [0.717, 1.165) is 5.56 Å². The Morgan fingerprint density at radius 2 is 1.74 bits per heavy atom. The molecule has 3 N–H and O–H groups in total. The van der Waals surface area contributed by atoms with Crippen molar-refractivity contribution in [3.63, 3.8) is 0 Å². The average molecular weight is 484 g/mol. The number of aromatic amines is 1. The van der Waals surface area contributed by atoms with Gasteiger partial charge in [0, 0.05) is 39.9 Å². The molecule has 0 unspecified atom stereocenters. The first-order valence-corrected chi connectivity index (χ1v) is 11.1. The van der Waals surface area contributed by atoms with Crippen molar-refractivity contribution >= 4 is 41.8 Å². The fraction of sp³-hybridized carbons (Fsp3) is 0.0370. The van der Waals surface area contributed by atoms with Gasteiger partial charge in [0.25, 0.3) is 11.8 Å². The van der Waals surface area contributed by atoms with Crippen LogP contribution >= 0.6 is 11.6 Å². The molecule has 0 spiro atoms. The first kappa shape index (κ1) is 23.7. The van der Waals surface area contributed by atoms with E-state index in [9.17, 15) is 9.59 Å². The van der Waals surface area contributed by atoms with E-state index >= 15 is 0 Å². The van der Waals surface area contributed by atoms with E-state index in [0.29, 0.717) is 44.1 Å². The molecule has 0 aliphatic carbocycles. The molecular weight excluding hydrogens is 462 g/mol. The lowest BCUT2D eigenvalue weighted by Gasteiger charge is -2.05. The molecule has 7 nitrogen and oxygen atoms in total. The largest absolute Gasteiger partial charge is 0.338 e. The van der Waals surface area contributed by atoms with Gasteiger partial charge in [-0.3, -0.25) is 14.6 Å². The third-order valence-corrected chi connectivity index (χ3v) is 5.37. The quantitative estimate of drug-likeness (QED) is 0.387. The van der Waals surface area contributed by atoms with Crippen LogP contribution in [-0.2, 0) is 0 Å². The first-order valence-electron chi connectivity index (χ1n) is 10.7. The number of hydrogen-bond donors (Lipinski definition) is 3. The van der Waals surface area contributed by atoms with Gasteiger partial charge in [0.1, 0.15) is 5.82 Å². The van der Waals surface area contributed by atoms with Crippen molar-refractivity contribution < 1.29 is 9.59 Å². The Balaban J connectivity index is 1.49. The van der Waals surface area contributed by atoms with E-state index in [4.69, 9.17) is 11.6 Å². The minimum absolute atomic E-state index is 0.236. The summed E-state index contributed by atoms with van der Waals surface area (Å²) in [5, 5.41) is 7.47. The number of nitrogens with zero attached hydrogens (tertiary/aromatic N) is 2. The molecule has 0 bridgehead atoms. The predicted molar refractivity (Wildman–Crippen MR) is 138 cm³/mol. The summed E-state index contributed by atoms with van der Waals surface area (Å²) in [7, 11) is 0. The van der Waals surface area contributed by atoms with Crippen molar-refractivity contribution in [3.05, 3.63) is 112 Å². The molecule has 174 valence electrons. The molecule has 35 heavy (non-hydrogen) atoms. The van der Waals surface area contributed by atoms with Crippen LogP contribution in [0.3, 0.4) is 0 Å². The molecule has 2 aromatic heterocycles. The van der Waals surface area contributed by atoms with Crippen LogP contribution in [0.5, 0.6) is 0 Å². The van der Waals surface area contributed by atoms with E-state index in [1.54, 1.807) is 66.9 Å². The van der Waals surface area contributed by atoms with Gasteiger partial charge in [-0.2, -0.15) is 0 Å². The summed E-state index contributed by atoms with van der Waals surface area (Å²) >= 11 is 5.89. The molecule has 4 aromatic rings. The Bertz CT molecular complexity index is 1490. The highest BCUT2D eigenvalue weighted by Gasteiger charge is 2.09. The number of nitrogens with one attached hydrogen (secondary N) is 3. The number of hydrogen-bond acceptors (Lipinski definition) is 4. The highest BCUT2D eigenvalue weighted by molar-refractivity contribution is 6.30. The Morgan fingerprint density at radius 3 is 2.40 bits per heavy atom. The van der Waals surface area contributed by atoms with Gasteiger partial charge in [0.05, 0.1) is 16.3 Å². The van der Waals surface area contributed by atoms with Crippen molar-refractivity contribution in [2.24, 2.45) is 0 Å². The van der Waals surface area contributed by atoms with Crippen LogP contribution in [0.15, 0.2) is 84.8 Å². The number of H-pyrrole nitrogens is 1. The molecule has 0 saturated carbocycles. The van der Waals surface area contributed by atoms with Gasteiger partial charge >= 0.3 is 0 Å². The minimum atomic E-state index is -0.253. The molecule has 0 saturated heterocycles. The lowest BCUT2D eigenvalue weighted by molar-refractivity contribution is 0.0966. The van der Waals surface area contributed by atoms with Crippen LogP contribution in [0.1, 0.15) is 27.6 Å². The number of anilines is 1. The molecule has 4 rings (SSSR count). The van der Waals surface area contributed by atoms with Gasteiger partial charge in [0.15, 0.2) is 0 Å². The zero-order chi connectivity index (χ0) is 24.8. The Kier molecular flexibility index (Phi) is 7.18. The number of amides is 2. The molecule has 0 radical (unpaired) electrons. The zero-order valence-corrected chi connectivity index (χ0v) is 19.6. The van der Waals surface area contributed by atoms with Crippen LogP contribution in [0, 0.1) is 0 Å². The van der Waals surface area contributed by atoms with Gasteiger partial charge in [-0.05, 0) is 73.7 Å². The molecular formula is C27H22ClN5O2. The number of pyridine rings is 1. The molecule has 2 amide bonds. The summed E-state index contributed by atoms with van der Waals surface area (Å²) in [5.74, 6) is 0.127. The maximum Gasteiger partial charge on any atom is 0.257 e. The normalized spacial score (nSPS) is 11.8. The highest BCUT2D eigenvalue weighted by atomic mass is 35.5. The standard InChI is InChI=1S/C27H22ClN5O2/c1-3-22(31-26(34)19-6-10-21(28)11-7-19)15-24-17(2)30-25(33-24)18-8-12-23(13-9-18)32-27(35)20-5-4-14-29-16-20/h3-16H,2H2,1H3,(H,30,33)(H,31,34)(H,32,35)/b22-3+,24-15+. The maximum atomic E-state index is 12.5. The van der Waals surface area contributed by atoms with Crippen LogP contribution in [0.4, 0.5) is 5.69 Å². The monoisotopic (exact) mass is 483 g/mol. The summed E-state index contributed by atoms with van der Waals surface area (Å²) in [6.07, 6.45) is 6.65. The van der Waals surface area contributed by atoms with Gasteiger partial charge in [-0.1, -0.05) is 24.3 Å². The summed E-state index contributed by atoms with van der Waals surface area (Å²) in [4.78, 5) is 36.6. The second kappa shape index (κ2) is 10.6. The number of carbonyl (C=O) groups excluding carboxylic acids is 2. The number of carbonyl (C=O) groups is 2. The summed E-state index contributed by atoms with van der Waals surface area (Å²) < 4.78 is 0. The topological polar surface area (TPSA) is 99.8 Å². The average Bonchev–Trinajstić information content (AvgIpc) is 3.24. The lowest BCUT2D eigenvalue weighted by atomic mass is 10.2. The second-order valence-electron chi connectivity index (χ2n) is 7.57. The fourth-order valence-corrected chi connectivity index (χ4v) is 3.36. The van der Waals surface area contributed by atoms with Crippen LogP contribution in [-0.4, -0.2) is 26.8 Å². The number of aromatic nitrogens is 3. The summed E-state index contributed by atoms with van der Waals surface area (Å²) in [6, 6.07) is 17.3. The maximum absolute atomic E-state index is 12.5. The first-order chi connectivity index (χ1) is 16.9. The van der Waals surface area contributed by atoms with E-state index in [2.05, 4.69) is 32.2 Å². The third kappa shape index (κ3) is 5.90. The molecule has 0 aliphatic rings. The SMILES string of the molecule is C=c1[nH]c(-c2ccc(NC(=O)c3cccnc3)cc2)n/c1=C/C(=C\C)NC(=O)c1ccc(Cl)cc1. The van der Waals surface area contributed by atoms with Crippen molar-refractivity contribution in [1.82, 2.24) is 20.3 Å². The van der Waals surface area contributed by atoms with Gasteiger partial charge in [-0.15, -0.1) is 0 Å². The van der Waals surface area contributed by atoms with Crippen LogP contribution < -0.4 is 21.3 Å². The van der Waals surface area contributed by atoms with E-state index in [1.807, 2.05) is 19.1 Å². The zero-order valence-electron chi connectivity index (χ0n) is 18.9. The third-order valence-electron chi connectivity index (χ3n) is 5.12. The molecule has 0 aliphatic heterocycles. The van der Waals surface area contributed by atoms with Gasteiger partial charge in [-0.25, -0.2) is 4.98 Å². The Morgan fingerprint density at radius 1 is 1.00 bits per heavy atom. The predicted octanol–water partition coefficient (Wildman–Crippen LogP) is 3.90. The van der Waals surface area contributed by atoms with Crippen molar-refractivity contribution in [3.8, 4) is 11.4 Å². The van der Waals surface area contributed by atoms with E-state index in [-0.39, 0.29) is 11.8 Å². The molecule has 0 fully saturated rings. The molecule has 8 heteroatoms. The Hall–Kier alpha value is -4.49. The van der Waals surface area contributed by atoms with Crippen molar-refractivity contribution in [2.45, 2.75) is 6.92 Å². The fourth-order valence-electron chi connectivity index (χ4n) is 3.23. The Labute approximate surface area is 206 Å². The van der Waals surface area contributed by atoms with Gasteiger partial charge < -0.3 is 15.6 Å². The van der Waals surface area contributed by atoms with E-state index < -0.39 is 0 Å². The number of halogens is 1. The molecule has 0 atom stereocenters. The summed E-state index contributed by atoms with van der Waals surface area (Å²) in [5.41, 5.74) is 3.03. The van der Waals surface area contributed by atoms with Crippen molar-refractivity contribution in [2.75, 3.05) is 5.32 Å². The molecule has 2 heterocycles. The van der Waals surface area contributed by atoms with Crippen LogP contribution in [0.25, 0.3) is 24.0 Å². The van der Waals surface area contributed by atoms with Crippen LogP contribution in [0.2, 0.25) is 5.02 Å². The van der Waals surface area contributed by atoms with Crippen molar-refractivity contribution in [1.29, 1.82) is 0 Å². The minimum Gasteiger partial charge on any atom is -0.338 e. The highest BCUT2D eigenvalue weighted by Crippen LogP contribution is 2.17.